The van der Waals surface area contributed by atoms with Crippen molar-refractivity contribution in [3.05, 3.63) is 54.9 Å². The smallest absolute Gasteiger partial charge is 0.293 e. The molecule has 0 radical (unpaired) electrons. The first-order chi connectivity index (χ1) is 10.2. The number of nitrogens with one attached hydrogen (secondary N) is 1. The second-order valence-corrected chi connectivity index (χ2v) is 4.31. The Kier molecular flexibility index (Phi) is 3.38. The molecule has 0 aliphatic carbocycles. The number of pyridine rings is 1. The number of amides is 1. The molecule has 0 unspecified atom stereocenters. The van der Waals surface area contributed by atoms with E-state index in [2.05, 4.69) is 25.4 Å². The van der Waals surface area contributed by atoms with Crippen molar-refractivity contribution in [2.75, 3.05) is 5.32 Å². The van der Waals surface area contributed by atoms with E-state index in [1.807, 2.05) is 18.2 Å². The Balaban J connectivity index is 1.92. The maximum Gasteiger partial charge on any atom is 0.293 e. The molecule has 3 aromatic heterocycles. The van der Waals surface area contributed by atoms with Crippen LogP contribution in [0.1, 0.15) is 10.6 Å². The van der Waals surface area contributed by atoms with Gasteiger partial charge in [0, 0.05) is 31.8 Å². The first-order valence-electron chi connectivity index (χ1n) is 6.27. The molecular formula is C14H12N6O. The van der Waals surface area contributed by atoms with Crippen LogP contribution >= 0.6 is 0 Å². The number of anilines is 1. The molecule has 3 heterocycles. The van der Waals surface area contributed by atoms with Crippen molar-refractivity contribution in [1.82, 2.24) is 24.7 Å². The van der Waals surface area contributed by atoms with Crippen molar-refractivity contribution >= 4 is 11.6 Å². The van der Waals surface area contributed by atoms with Gasteiger partial charge in [-0.3, -0.25) is 14.5 Å². The van der Waals surface area contributed by atoms with Crippen LogP contribution in [0.5, 0.6) is 0 Å². The molecule has 0 spiro atoms. The fraction of sp³-hybridized carbons (Fsp3) is 0.0714. The van der Waals surface area contributed by atoms with Crippen molar-refractivity contribution in [3.63, 3.8) is 0 Å². The fourth-order valence-corrected chi connectivity index (χ4v) is 1.87. The van der Waals surface area contributed by atoms with Gasteiger partial charge in [-0.1, -0.05) is 6.07 Å². The average molecular weight is 280 g/mol. The number of aromatic nitrogens is 5. The first kappa shape index (κ1) is 12.9. The lowest BCUT2D eigenvalue weighted by molar-refractivity contribution is 0.101. The van der Waals surface area contributed by atoms with Crippen LogP contribution < -0.4 is 5.32 Å². The number of hydrogen-bond donors (Lipinski definition) is 1. The zero-order chi connectivity index (χ0) is 14.7. The maximum absolute atomic E-state index is 12.1. The van der Waals surface area contributed by atoms with E-state index in [1.165, 1.54) is 12.4 Å². The maximum atomic E-state index is 12.1. The molecule has 1 N–H and O–H groups in total. The van der Waals surface area contributed by atoms with E-state index in [1.54, 1.807) is 30.2 Å². The third kappa shape index (κ3) is 2.76. The number of aryl methyl sites for hydroxylation is 1. The number of rotatable bonds is 3. The summed E-state index contributed by atoms with van der Waals surface area (Å²) in [6.07, 6.45) is 6.43. The lowest BCUT2D eigenvalue weighted by atomic mass is 10.2. The van der Waals surface area contributed by atoms with Gasteiger partial charge in [-0.15, -0.1) is 0 Å². The van der Waals surface area contributed by atoms with Gasteiger partial charge >= 0.3 is 0 Å². The minimum Gasteiger partial charge on any atom is -0.316 e. The Morgan fingerprint density at radius 1 is 1.10 bits per heavy atom. The molecule has 0 fully saturated rings. The van der Waals surface area contributed by atoms with Gasteiger partial charge in [-0.05, 0) is 18.2 Å². The monoisotopic (exact) mass is 280 g/mol. The number of carbonyl (C=O) groups is 1. The van der Waals surface area contributed by atoms with Gasteiger partial charge in [0.1, 0.15) is 5.69 Å². The zero-order valence-corrected chi connectivity index (χ0v) is 11.3. The molecule has 0 atom stereocenters. The normalized spacial score (nSPS) is 10.3. The van der Waals surface area contributed by atoms with E-state index in [4.69, 9.17) is 0 Å². The largest absolute Gasteiger partial charge is 0.316 e. The SMILES string of the molecule is Cn1cc(NC(=O)c2ncccn2)c(-c2ccccn2)n1. The van der Waals surface area contributed by atoms with Crippen LogP contribution in [0.15, 0.2) is 49.1 Å². The highest BCUT2D eigenvalue weighted by Crippen LogP contribution is 2.24. The molecule has 0 aliphatic heterocycles. The first-order valence-corrected chi connectivity index (χ1v) is 6.27. The Hall–Kier alpha value is -3.09. The second kappa shape index (κ2) is 5.49. The topological polar surface area (TPSA) is 85.6 Å². The number of nitrogens with zero attached hydrogens (tertiary/aromatic N) is 5. The molecule has 104 valence electrons. The minimum absolute atomic E-state index is 0.105. The number of carbonyl (C=O) groups excluding carboxylic acids is 1. The Labute approximate surface area is 120 Å². The van der Waals surface area contributed by atoms with Gasteiger partial charge in [-0.25, -0.2) is 9.97 Å². The van der Waals surface area contributed by atoms with E-state index in [9.17, 15) is 4.79 Å². The summed E-state index contributed by atoms with van der Waals surface area (Å²) in [5, 5.41) is 7.09. The average Bonchev–Trinajstić information content (AvgIpc) is 2.89. The molecule has 3 rings (SSSR count). The van der Waals surface area contributed by atoms with Crippen molar-refractivity contribution < 1.29 is 4.79 Å². The van der Waals surface area contributed by atoms with E-state index in [-0.39, 0.29) is 11.7 Å². The molecule has 21 heavy (non-hydrogen) atoms. The van der Waals surface area contributed by atoms with E-state index in [0.29, 0.717) is 17.1 Å². The van der Waals surface area contributed by atoms with E-state index >= 15 is 0 Å². The van der Waals surface area contributed by atoms with Crippen molar-refractivity contribution in [1.29, 1.82) is 0 Å². The summed E-state index contributed by atoms with van der Waals surface area (Å²) in [5.74, 6) is -0.283. The molecule has 7 nitrogen and oxygen atoms in total. The molecular weight excluding hydrogens is 268 g/mol. The standard InChI is InChI=1S/C14H12N6O/c1-20-9-11(12(19-20)10-5-2-3-6-15-10)18-14(21)13-16-7-4-8-17-13/h2-9H,1H3,(H,18,21). The van der Waals surface area contributed by atoms with Crippen LogP contribution in [0, 0.1) is 0 Å². The summed E-state index contributed by atoms with van der Waals surface area (Å²) in [6.45, 7) is 0. The van der Waals surface area contributed by atoms with Gasteiger partial charge in [0.25, 0.3) is 5.91 Å². The molecule has 0 bridgehead atoms. The summed E-state index contributed by atoms with van der Waals surface area (Å²) in [4.78, 5) is 24.2. The highest BCUT2D eigenvalue weighted by molar-refractivity contribution is 6.03. The van der Waals surface area contributed by atoms with Crippen molar-refractivity contribution in [2.45, 2.75) is 0 Å². The zero-order valence-electron chi connectivity index (χ0n) is 11.3. The molecule has 0 aromatic carbocycles. The fourth-order valence-electron chi connectivity index (χ4n) is 1.87. The summed E-state index contributed by atoms with van der Waals surface area (Å²) in [7, 11) is 1.78. The van der Waals surface area contributed by atoms with Crippen LogP contribution in [0.2, 0.25) is 0 Å². The van der Waals surface area contributed by atoms with Crippen LogP contribution in [0.3, 0.4) is 0 Å². The lowest BCUT2D eigenvalue weighted by Gasteiger charge is -2.03. The Morgan fingerprint density at radius 2 is 1.86 bits per heavy atom. The Morgan fingerprint density at radius 3 is 2.57 bits per heavy atom. The van der Waals surface area contributed by atoms with Gasteiger partial charge < -0.3 is 5.32 Å². The summed E-state index contributed by atoms with van der Waals surface area (Å²) in [5.41, 5.74) is 1.85. The van der Waals surface area contributed by atoms with Gasteiger partial charge in [0.15, 0.2) is 0 Å². The van der Waals surface area contributed by atoms with E-state index < -0.39 is 0 Å². The van der Waals surface area contributed by atoms with Gasteiger partial charge in [0.2, 0.25) is 5.82 Å². The quantitative estimate of drug-likeness (QED) is 0.786. The van der Waals surface area contributed by atoms with Crippen LogP contribution in [0.4, 0.5) is 5.69 Å². The summed E-state index contributed by atoms with van der Waals surface area (Å²) in [6, 6.07) is 7.17. The number of hydrogen-bond acceptors (Lipinski definition) is 5. The summed E-state index contributed by atoms with van der Waals surface area (Å²) >= 11 is 0. The predicted molar refractivity (Wildman–Crippen MR) is 76.4 cm³/mol. The third-order valence-electron chi connectivity index (χ3n) is 2.75. The van der Waals surface area contributed by atoms with Gasteiger partial charge in [0.05, 0.1) is 11.4 Å². The lowest BCUT2D eigenvalue weighted by Crippen LogP contribution is -2.15. The summed E-state index contributed by atoms with van der Waals surface area (Å²) < 4.78 is 1.62. The molecule has 1 amide bonds. The van der Waals surface area contributed by atoms with Crippen molar-refractivity contribution in [3.8, 4) is 11.4 Å². The van der Waals surface area contributed by atoms with Crippen LogP contribution in [0.25, 0.3) is 11.4 Å². The predicted octanol–water partition coefficient (Wildman–Crippen LogP) is 1.52. The highest BCUT2D eigenvalue weighted by atomic mass is 16.2. The third-order valence-corrected chi connectivity index (χ3v) is 2.75. The molecule has 7 heteroatoms. The minimum atomic E-state index is -0.388. The second-order valence-electron chi connectivity index (χ2n) is 4.31. The molecule has 0 saturated heterocycles. The molecule has 0 aliphatic rings. The highest BCUT2D eigenvalue weighted by Gasteiger charge is 2.15. The molecule has 3 aromatic rings. The van der Waals surface area contributed by atoms with E-state index in [0.717, 1.165) is 0 Å². The van der Waals surface area contributed by atoms with Crippen molar-refractivity contribution in [2.24, 2.45) is 7.05 Å². The Bertz CT molecular complexity index is 754. The van der Waals surface area contributed by atoms with Crippen LogP contribution in [-0.4, -0.2) is 30.6 Å². The molecule has 0 saturated carbocycles. The van der Waals surface area contributed by atoms with Crippen LogP contribution in [-0.2, 0) is 7.05 Å². The van der Waals surface area contributed by atoms with Gasteiger partial charge in [-0.2, -0.15) is 5.10 Å².